The van der Waals surface area contributed by atoms with E-state index in [0.29, 0.717) is 6.04 Å². The lowest BCUT2D eigenvalue weighted by Crippen LogP contribution is -2.43. The molecule has 1 fully saturated rings. The Labute approximate surface area is 181 Å². The summed E-state index contributed by atoms with van der Waals surface area (Å²) in [5.41, 5.74) is 10.3. The fourth-order valence-electron chi connectivity index (χ4n) is 4.53. The van der Waals surface area contributed by atoms with Crippen LogP contribution in [0.15, 0.2) is 54.7 Å². The topological polar surface area (TPSA) is 28.2 Å². The van der Waals surface area contributed by atoms with Crippen LogP contribution >= 0.6 is 0 Å². The summed E-state index contributed by atoms with van der Waals surface area (Å²) >= 11 is 0. The minimum atomic E-state index is 0.563. The number of anilines is 1. The third kappa shape index (κ3) is 4.41. The van der Waals surface area contributed by atoms with Gasteiger partial charge >= 0.3 is 0 Å². The van der Waals surface area contributed by atoms with E-state index in [1.54, 1.807) is 0 Å². The van der Waals surface area contributed by atoms with Crippen LogP contribution in [0, 0.1) is 27.7 Å². The van der Waals surface area contributed by atoms with Crippen LogP contribution in [0.4, 0.5) is 5.69 Å². The van der Waals surface area contributed by atoms with Crippen LogP contribution in [-0.2, 0) is 6.54 Å². The van der Waals surface area contributed by atoms with Gasteiger partial charge in [-0.3, -0.25) is 4.98 Å². The number of pyridine rings is 1. The van der Waals surface area contributed by atoms with Crippen molar-refractivity contribution >= 4 is 5.69 Å². The predicted molar refractivity (Wildman–Crippen MR) is 127 cm³/mol. The Hall–Kier alpha value is -2.65. The van der Waals surface area contributed by atoms with Gasteiger partial charge in [0, 0.05) is 30.0 Å². The van der Waals surface area contributed by atoms with Crippen molar-refractivity contribution in [2.24, 2.45) is 0 Å². The zero-order valence-electron chi connectivity index (χ0n) is 18.7. The van der Waals surface area contributed by atoms with Crippen molar-refractivity contribution in [2.45, 2.75) is 53.1 Å². The third-order valence-corrected chi connectivity index (χ3v) is 6.57. The van der Waals surface area contributed by atoms with E-state index in [-0.39, 0.29) is 0 Å². The predicted octanol–water partition coefficient (Wildman–Crippen LogP) is 5.74. The Morgan fingerprint density at radius 1 is 0.900 bits per heavy atom. The number of hydrogen-bond acceptors (Lipinski definition) is 3. The molecule has 2 aromatic carbocycles. The van der Waals surface area contributed by atoms with Crippen LogP contribution < -0.4 is 10.2 Å². The summed E-state index contributed by atoms with van der Waals surface area (Å²) < 4.78 is 0. The maximum atomic E-state index is 4.70. The number of aromatic nitrogens is 1. The average molecular weight is 400 g/mol. The van der Waals surface area contributed by atoms with Crippen molar-refractivity contribution in [3.8, 4) is 11.3 Å². The molecular formula is C27H33N3. The quantitative estimate of drug-likeness (QED) is 0.593. The third-order valence-electron chi connectivity index (χ3n) is 6.57. The highest BCUT2D eigenvalue weighted by molar-refractivity contribution is 5.63. The van der Waals surface area contributed by atoms with Gasteiger partial charge in [-0.2, -0.15) is 0 Å². The molecule has 3 aromatic rings. The van der Waals surface area contributed by atoms with Gasteiger partial charge in [-0.05, 0) is 112 Å². The first-order valence-electron chi connectivity index (χ1n) is 11.1. The van der Waals surface area contributed by atoms with Gasteiger partial charge in [0.1, 0.15) is 0 Å². The molecule has 4 rings (SSSR count). The molecule has 0 unspecified atom stereocenters. The lowest BCUT2D eigenvalue weighted by molar-refractivity contribution is 0.428. The molecule has 0 spiro atoms. The Morgan fingerprint density at radius 2 is 1.60 bits per heavy atom. The lowest BCUT2D eigenvalue weighted by atomic mass is 9.98. The number of para-hydroxylation sites is 1. The lowest BCUT2D eigenvalue weighted by Gasteiger charge is -2.37. The number of hydrogen-bond donors (Lipinski definition) is 1. The zero-order valence-corrected chi connectivity index (χ0v) is 18.7. The van der Waals surface area contributed by atoms with Gasteiger partial charge in [-0.15, -0.1) is 0 Å². The minimum Gasteiger partial charge on any atom is -0.364 e. The van der Waals surface area contributed by atoms with Crippen molar-refractivity contribution in [3.05, 3.63) is 82.5 Å². The highest BCUT2D eigenvalue weighted by atomic mass is 15.2. The fourth-order valence-corrected chi connectivity index (χ4v) is 4.53. The molecule has 3 heteroatoms. The number of benzene rings is 2. The molecule has 30 heavy (non-hydrogen) atoms. The van der Waals surface area contributed by atoms with E-state index in [0.717, 1.165) is 25.3 Å². The summed E-state index contributed by atoms with van der Waals surface area (Å²) in [6.07, 6.45) is 4.33. The summed E-state index contributed by atoms with van der Waals surface area (Å²) in [6.45, 7) is 11.9. The van der Waals surface area contributed by atoms with Crippen molar-refractivity contribution in [3.63, 3.8) is 0 Å². The standard InChI is InChI=1S/C27H33N3/c1-19-7-5-6-8-27(19)30(25-10-12-28-13-11-25)18-23-9-14-29-26(17-23)24-15-20(2)22(4)21(3)16-24/h5-9,14-17,25,28H,10-13,18H2,1-4H3. The van der Waals surface area contributed by atoms with E-state index in [2.05, 4.69) is 86.4 Å². The Kier molecular flexibility index (Phi) is 6.19. The first kappa shape index (κ1) is 20.6. The molecule has 3 nitrogen and oxygen atoms in total. The molecule has 0 amide bonds. The van der Waals surface area contributed by atoms with Crippen LogP contribution in [0.2, 0.25) is 0 Å². The van der Waals surface area contributed by atoms with E-state index < -0.39 is 0 Å². The second-order valence-corrected chi connectivity index (χ2v) is 8.68. The summed E-state index contributed by atoms with van der Waals surface area (Å²) in [5.74, 6) is 0. The van der Waals surface area contributed by atoms with E-state index in [4.69, 9.17) is 4.98 Å². The SMILES string of the molecule is Cc1ccccc1N(Cc1ccnc(-c2cc(C)c(C)c(C)c2)c1)C1CCNCC1. The van der Waals surface area contributed by atoms with Crippen LogP contribution in [0.1, 0.15) is 40.7 Å². The number of piperidine rings is 1. The average Bonchev–Trinajstić information content (AvgIpc) is 2.77. The van der Waals surface area contributed by atoms with Gasteiger partial charge in [0.15, 0.2) is 0 Å². The smallest absolute Gasteiger partial charge is 0.0705 e. The molecule has 0 radical (unpaired) electrons. The first-order valence-corrected chi connectivity index (χ1v) is 11.1. The monoisotopic (exact) mass is 399 g/mol. The van der Waals surface area contributed by atoms with Crippen LogP contribution in [0.5, 0.6) is 0 Å². The summed E-state index contributed by atoms with van der Waals surface area (Å²) in [6, 6.07) is 18.3. The molecule has 1 N–H and O–H groups in total. The molecule has 0 aliphatic carbocycles. The molecule has 0 atom stereocenters. The molecule has 156 valence electrons. The normalized spacial score (nSPS) is 14.7. The summed E-state index contributed by atoms with van der Waals surface area (Å²) in [4.78, 5) is 7.32. The second-order valence-electron chi connectivity index (χ2n) is 8.68. The van der Waals surface area contributed by atoms with Crippen LogP contribution in [0.3, 0.4) is 0 Å². The first-order chi connectivity index (χ1) is 14.5. The van der Waals surface area contributed by atoms with Gasteiger partial charge in [0.25, 0.3) is 0 Å². The highest BCUT2D eigenvalue weighted by Gasteiger charge is 2.22. The van der Waals surface area contributed by atoms with Crippen molar-refractivity contribution < 1.29 is 0 Å². The van der Waals surface area contributed by atoms with Gasteiger partial charge in [-0.1, -0.05) is 18.2 Å². The van der Waals surface area contributed by atoms with E-state index in [1.807, 2.05) is 6.20 Å². The van der Waals surface area contributed by atoms with Gasteiger partial charge in [0.05, 0.1) is 5.69 Å². The Balaban J connectivity index is 1.67. The maximum Gasteiger partial charge on any atom is 0.0705 e. The Bertz CT molecular complexity index is 995. The molecule has 1 saturated heterocycles. The highest BCUT2D eigenvalue weighted by Crippen LogP contribution is 2.29. The van der Waals surface area contributed by atoms with Crippen molar-refractivity contribution in [1.82, 2.24) is 10.3 Å². The van der Waals surface area contributed by atoms with Crippen molar-refractivity contribution in [2.75, 3.05) is 18.0 Å². The fraction of sp³-hybridized carbons (Fsp3) is 0.370. The molecule has 1 aromatic heterocycles. The van der Waals surface area contributed by atoms with Gasteiger partial charge in [0.2, 0.25) is 0 Å². The molecule has 2 heterocycles. The molecule has 0 saturated carbocycles. The van der Waals surface area contributed by atoms with Crippen LogP contribution in [0.25, 0.3) is 11.3 Å². The van der Waals surface area contributed by atoms with Crippen molar-refractivity contribution in [1.29, 1.82) is 0 Å². The van der Waals surface area contributed by atoms with E-state index in [1.165, 1.54) is 51.9 Å². The molecular weight excluding hydrogens is 366 g/mol. The minimum absolute atomic E-state index is 0.563. The van der Waals surface area contributed by atoms with E-state index >= 15 is 0 Å². The Morgan fingerprint density at radius 3 is 2.30 bits per heavy atom. The number of rotatable bonds is 5. The van der Waals surface area contributed by atoms with E-state index in [9.17, 15) is 0 Å². The summed E-state index contributed by atoms with van der Waals surface area (Å²) in [7, 11) is 0. The zero-order chi connectivity index (χ0) is 21.1. The summed E-state index contributed by atoms with van der Waals surface area (Å²) in [5, 5.41) is 3.51. The second kappa shape index (κ2) is 9.01. The number of nitrogens with one attached hydrogen (secondary N) is 1. The molecule has 1 aliphatic rings. The number of nitrogens with zero attached hydrogens (tertiary/aromatic N) is 2. The van der Waals surface area contributed by atoms with Gasteiger partial charge in [-0.25, -0.2) is 0 Å². The van der Waals surface area contributed by atoms with Crippen LogP contribution in [-0.4, -0.2) is 24.1 Å². The molecule has 0 bridgehead atoms. The largest absolute Gasteiger partial charge is 0.364 e. The molecule has 1 aliphatic heterocycles. The maximum absolute atomic E-state index is 4.70. The number of aryl methyl sites for hydroxylation is 3. The van der Waals surface area contributed by atoms with Gasteiger partial charge < -0.3 is 10.2 Å².